The lowest BCUT2D eigenvalue weighted by Gasteiger charge is -2.29. The van der Waals surface area contributed by atoms with Crippen molar-refractivity contribution in [3.8, 4) is 0 Å². The highest BCUT2D eigenvalue weighted by molar-refractivity contribution is 8.04. The summed E-state index contributed by atoms with van der Waals surface area (Å²) in [7, 11) is 0. The van der Waals surface area contributed by atoms with Gasteiger partial charge in [-0.05, 0) is 25.7 Å². The first-order valence-electron chi connectivity index (χ1n) is 6.50. The van der Waals surface area contributed by atoms with Crippen LogP contribution in [0.15, 0.2) is 10.6 Å². The van der Waals surface area contributed by atoms with E-state index in [4.69, 9.17) is 5.11 Å². The van der Waals surface area contributed by atoms with E-state index in [1.807, 2.05) is 0 Å². The first kappa shape index (κ1) is 14.2. The third-order valence-corrected chi connectivity index (χ3v) is 4.66. The predicted molar refractivity (Wildman–Crippen MR) is 73.4 cm³/mol. The van der Waals surface area contributed by atoms with Gasteiger partial charge in [0, 0.05) is 23.2 Å². The topological polar surface area (TPSA) is 81.7 Å². The number of amides is 1. The Hall–Kier alpha value is -1.21. The zero-order valence-electron chi connectivity index (χ0n) is 10.9. The fourth-order valence-corrected chi connectivity index (χ4v) is 3.93. The van der Waals surface area contributed by atoms with Crippen LogP contribution >= 0.6 is 11.8 Å². The fourth-order valence-electron chi connectivity index (χ4n) is 2.57. The van der Waals surface area contributed by atoms with Gasteiger partial charge in [0.05, 0.1) is 0 Å². The van der Waals surface area contributed by atoms with Gasteiger partial charge in [-0.2, -0.15) is 0 Å². The van der Waals surface area contributed by atoms with Crippen LogP contribution < -0.4 is 10.9 Å². The van der Waals surface area contributed by atoms with E-state index in [1.54, 1.807) is 11.8 Å². The van der Waals surface area contributed by atoms with Gasteiger partial charge in [0.25, 0.3) is 0 Å². The van der Waals surface area contributed by atoms with Crippen molar-refractivity contribution in [2.45, 2.75) is 44.0 Å². The Bertz CT molecular complexity index is 400. The maximum absolute atomic E-state index is 11.1. The molecular weight excluding hydrogens is 266 g/mol. The molecule has 2 atom stereocenters. The highest BCUT2D eigenvalue weighted by atomic mass is 32.2. The van der Waals surface area contributed by atoms with Crippen LogP contribution in [-0.2, 0) is 4.79 Å². The Morgan fingerprint density at radius 3 is 3.05 bits per heavy atom. The van der Waals surface area contributed by atoms with E-state index in [1.165, 1.54) is 10.6 Å². The average molecular weight is 285 g/mol. The number of aldehydes is 1. The quantitative estimate of drug-likeness (QED) is 0.525. The molecule has 6 nitrogen and oxygen atoms in total. The molecule has 0 aromatic rings. The number of carboxylic acid groups (broad SMARTS) is 1. The highest BCUT2D eigenvalue weighted by Crippen LogP contribution is 2.44. The van der Waals surface area contributed by atoms with Crippen molar-refractivity contribution < 1.29 is 14.7 Å². The molecule has 19 heavy (non-hydrogen) atoms. The monoisotopic (exact) mass is 285 g/mol. The van der Waals surface area contributed by atoms with Crippen molar-refractivity contribution in [1.82, 2.24) is 15.8 Å². The Balaban J connectivity index is 1.99. The standard InChI is InChI=1S/C12H19N3O3S/c1-2-5-15-9-4-3-8(13-14-12(17)18)6-10(9)19-11(15)7-16/h7-8,11,13-14H,2-6H2,1H3,(H,17,18). The number of carbonyl (C=O) groups excluding carboxylic acids is 1. The van der Waals surface area contributed by atoms with E-state index >= 15 is 0 Å². The molecule has 1 amide bonds. The van der Waals surface area contributed by atoms with Gasteiger partial charge in [0.2, 0.25) is 0 Å². The summed E-state index contributed by atoms with van der Waals surface area (Å²) in [6, 6.07) is 0.108. The van der Waals surface area contributed by atoms with Gasteiger partial charge < -0.3 is 14.8 Å². The number of nitrogens with zero attached hydrogens (tertiary/aromatic N) is 1. The molecule has 1 aliphatic heterocycles. The fraction of sp³-hybridized carbons (Fsp3) is 0.667. The highest BCUT2D eigenvalue weighted by Gasteiger charge is 2.35. The molecule has 0 aromatic carbocycles. The smallest absolute Gasteiger partial charge is 0.419 e. The zero-order valence-corrected chi connectivity index (χ0v) is 11.7. The molecule has 1 aliphatic carbocycles. The molecule has 0 spiro atoms. The number of carbonyl (C=O) groups is 2. The Kier molecular flexibility index (Phi) is 4.71. The zero-order chi connectivity index (χ0) is 13.8. The SMILES string of the molecule is CCCN1C2=C(CC(NNC(=O)O)CC2)SC1C=O. The minimum atomic E-state index is -1.07. The van der Waals surface area contributed by atoms with Crippen molar-refractivity contribution in [3.63, 3.8) is 0 Å². The Morgan fingerprint density at radius 2 is 2.42 bits per heavy atom. The molecule has 0 radical (unpaired) electrons. The van der Waals surface area contributed by atoms with Crippen LogP contribution in [0.2, 0.25) is 0 Å². The number of thioether (sulfide) groups is 1. The van der Waals surface area contributed by atoms with Gasteiger partial charge in [-0.1, -0.05) is 18.7 Å². The van der Waals surface area contributed by atoms with Crippen molar-refractivity contribution in [2.24, 2.45) is 0 Å². The molecule has 3 N–H and O–H groups in total. The van der Waals surface area contributed by atoms with Gasteiger partial charge in [0.15, 0.2) is 6.29 Å². The summed E-state index contributed by atoms with van der Waals surface area (Å²) in [6.45, 7) is 3.01. The molecule has 0 aromatic heterocycles. The van der Waals surface area contributed by atoms with E-state index in [0.717, 1.165) is 38.5 Å². The molecule has 2 unspecified atom stereocenters. The van der Waals surface area contributed by atoms with E-state index in [-0.39, 0.29) is 11.4 Å². The summed E-state index contributed by atoms with van der Waals surface area (Å²) in [5.41, 5.74) is 6.29. The summed E-state index contributed by atoms with van der Waals surface area (Å²) in [4.78, 5) is 25.0. The number of hydrogen-bond acceptors (Lipinski definition) is 5. The second kappa shape index (κ2) is 6.29. The second-order valence-electron chi connectivity index (χ2n) is 4.72. The van der Waals surface area contributed by atoms with E-state index < -0.39 is 6.09 Å². The summed E-state index contributed by atoms with van der Waals surface area (Å²) >= 11 is 1.60. The Labute approximate surface area is 116 Å². The lowest BCUT2D eigenvalue weighted by Crippen LogP contribution is -2.44. The summed E-state index contributed by atoms with van der Waals surface area (Å²) in [5, 5.41) is 8.48. The minimum absolute atomic E-state index is 0.101. The number of hydrogen-bond donors (Lipinski definition) is 3. The first-order valence-corrected chi connectivity index (χ1v) is 7.38. The maximum atomic E-state index is 11.1. The van der Waals surface area contributed by atoms with Crippen LogP contribution in [0.4, 0.5) is 4.79 Å². The summed E-state index contributed by atoms with van der Waals surface area (Å²) in [5.74, 6) is 0. The molecule has 7 heteroatoms. The molecule has 0 saturated heterocycles. The van der Waals surface area contributed by atoms with Crippen LogP contribution in [0.5, 0.6) is 0 Å². The number of hydrazine groups is 1. The predicted octanol–water partition coefficient (Wildman–Crippen LogP) is 1.51. The lowest BCUT2D eigenvalue weighted by atomic mass is 9.98. The maximum Gasteiger partial charge on any atom is 0.419 e. The second-order valence-corrected chi connectivity index (χ2v) is 5.93. The van der Waals surface area contributed by atoms with Crippen molar-refractivity contribution in [1.29, 1.82) is 0 Å². The van der Waals surface area contributed by atoms with Crippen LogP contribution in [0.25, 0.3) is 0 Å². The molecule has 0 saturated carbocycles. The van der Waals surface area contributed by atoms with Gasteiger partial charge >= 0.3 is 6.09 Å². The summed E-state index contributed by atoms with van der Waals surface area (Å²) < 4.78 is 0. The first-order chi connectivity index (χ1) is 9.15. The minimum Gasteiger partial charge on any atom is -0.464 e. The lowest BCUT2D eigenvalue weighted by molar-refractivity contribution is -0.109. The third-order valence-electron chi connectivity index (χ3n) is 3.36. The molecule has 2 rings (SSSR count). The van der Waals surface area contributed by atoms with Crippen LogP contribution in [0.3, 0.4) is 0 Å². The number of allylic oxidation sites excluding steroid dienone is 1. The average Bonchev–Trinajstić information content (AvgIpc) is 2.74. The van der Waals surface area contributed by atoms with E-state index in [9.17, 15) is 9.59 Å². The number of rotatable bonds is 5. The van der Waals surface area contributed by atoms with Crippen molar-refractivity contribution in [2.75, 3.05) is 6.54 Å². The van der Waals surface area contributed by atoms with Crippen LogP contribution in [0.1, 0.15) is 32.6 Å². The van der Waals surface area contributed by atoms with Gasteiger partial charge in [-0.25, -0.2) is 10.2 Å². The van der Waals surface area contributed by atoms with Crippen LogP contribution in [-0.4, -0.2) is 40.3 Å². The third kappa shape index (κ3) is 3.22. The largest absolute Gasteiger partial charge is 0.464 e. The summed E-state index contributed by atoms with van der Waals surface area (Å²) in [6.07, 6.45) is 3.50. The molecule has 0 bridgehead atoms. The molecule has 1 heterocycles. The number of nitrogens with one attached hydrogen (secondary N) is 2. The van der Waals surface area contributed by atoms with Gasteiger partial charge in [0.1, 0.15) is 5.37 Å². The van der Waals surface area contributed by atoms with Crippen LogP contribution in [0, 0.1) is 0 Å². The van der Waals surface area contributed by atoms with Crippen molar-refractivity contribution >= 4 is 24.1 Å². The Morgan fingerprint density at radius 1 is 1.63 bits per heavy atom. The van der Waals surface area contributed by atoms with Gasteiger partial charge in [-0.3, -0.25) is 5.43 Å². The molecule has 0 fully saturated rings. The van der Waals surface area contributed by atoms with Gasteiger partial charge in [-0.15, -0.1) is 0 Å². The van der Waals surface area contributed by atoms with E-state index in [0.29, 0.717) is 0 Å². The normalized spacial score (nSPS) is 26.3. The van der Waals surface area contributed by atoms with E-state index in [2.05, 4.69) is 22.7 Å². The molecular formula is C12H19N3O3S. The van der Waals surface area contributed by atoms with Crippen molar-refractivity contribution in [3.05, 3.63) is 10.6 Å². The molecule has 106 valence electrons. The molecule has 2 aliphatic rings.